The molecule has 8 nitrogen and oxygen atoms in total. The Morgan fingerprint density at radius 3 is 2.66 bits per heavy atom. The van der Waals surface area contributed by atoms with Crippen LogP contribution >= 0.6 is 12.2 Å². The number of benzene rings is 2. The van der Waals surface area contributed by atoms with Gasteiger partial charge in [-0.05, 0) is 42.5 Å². The first-order chi connectivity index (χ1) is 18.2. The number of aryl methyl sites for hydroxylation is 1. The van der Waals surface area contributed by atoms with E-state index in [0.29, 0.717) is 37.3 Å². The van der Waals surface area contributed by atoms with E-state index in [9.17, 15) is 13.2 Å². The molecule has 2 aromatic heterocycles. The number of sulfonamides is 1. The van der Waals surface area contributed by atoms with Gasteiger partial charge in [-0.25, -0.2) is 17.7 Å². The molecule has 0 amide bonds. The van der Waals surface area contributed by atoms with Gasteiger partial charge in [-0.1, -0.05) is 42.5 Å². The van der Waals surface area contributed by atoms with Gasteiger partial charge in [-0.2, -0.15) is 0 Å². The summed E-state index contributed by atoms with van der Waals surface area (Å²) in [6.45, 7) is 0.995. The maximum Gasteiger partial charge on any atom is 0.211 e. The maximum absolute atomic E-state index is 12.5. The number of Topliss-reactive ketones (excluding diaryl/α,β-unsaturated/α-hetero) is 1. The average molecular weight is 550 g/mol. The number of aromatic amines is 1. The zero-order valence-corrected chi connectivity index (χ0v) is 22.9. The van der Waals surface area contributed by atoms with Crippen LogP contribution in [0.4, 0.5) is 0 Å². The second-order valence-corrected chi connectivity index (χ2v) is 12.4. The molecule has 0 saturated carbocycles. The van der Waals surface area contributed by atoms with Gasteiger partial charge < -0.3 is 15.3 Å². The van der Waals surface area contributed by atoms with E-state index in [4.69, 9.17) is 18.0 Å². The molecule has 0 bridgehead atoms. The van der Waals surface area contributed by atoms with E-state index in [0.717, 1.165) is 51.7 Å². The van der Waals surface area contributed by atoms with Crippen LogP contribution in [-0.4, -0.2) is 57.4 Å². The molecule has 1 fully saturated rings. The minimum absolute atomic E-state index is 0.160. The molecule has 0 unspecified atom stereocenters. The summed E-state index contributed by atoms with van der Waals surface area (Å²) >= 11 is 5.21. The second-order valence-electron chi connectivity index (χ2n) is 9.93. The number of hydrogen-bond acceptors (Lipinski definition) is 5. The van der Waals surface area contributed by atoms with E-state index >= 15 is 0 Å². The molecule has 0 aliphatic carbocycles. The summed E-state index contributed by atoms with van der Waals surface area (Å²) in [5.74, 6) is 0.160. The van der Waals surface area contributed by atoms with Gasteiger partial charge in [0.1, 0.15) is 10.8 Å². The molecule has 1 aliphatic rings. The van der Waals surface area contributed by atoms with Crippen molar-refractivity contribution in [2.75, 3.05) is 19.3 Å². The van der Waals surface area contributed by atoms with Gasteiger partial charge in [0.2, 0.25) is 10.0 Å². The molecule has 198 valence electrons. The van der Waals surface area contributed by atoms with Crippen LogP contribution in [0, 0.1) is 0 Å². The molecule has 3 N–H and O–H groups in total. The molecule has 0 atom stereocenters. The lowest BCUT2D eigenvalue weighted by atomic mass is 10.00. The molecule has 1 saturated heterocycles. The number of nitrogens with one attached hydrogen (secondary N) is 1. The summed E-state index contributed by atoms with van der Waals surface area (Å²) < 4.78 is 27.9. The van der Waals surface area contributed by atoms with Crippen molar-refractivity contribution in [3.8, 4) is 11.1 Å². The molecule has 38 heavy (non-hydrogen) atoms. The van der Waals surface area contributed by atoms with Crippen molar-refractivity contribution < 1.29 is 13.2 Å². The fourth-order valence-electron chi connectivity index (χ4n) is 5.24. The van der Waals surface area contributed by atoms with Crippen LogP contribution in [0.2, 0.25) is 0 Å². The molecule has 4 aromatic rings. The standard InChI is InChI=1S/C28H31N5O3S2/c1-38(35,36)32-11-9-23(10-12-32)33-17-26(20-3-2-4-21(14-20)28(29)37)25-8-6-19(13-27(25)33)5-7-24(34)15-22-16-30-18-31-22/h2-4,6,8,13-14,16-18,23H,5,7,9-12,15H2,1H3,(H2,29,37)(H,30,31). The third kappa shape index (κ3) is 5.72. The number of piperidine rings is 1. The van der Waals surface area contributed by atoms with E-state index in [2.05, 4.69) is 45.0 Å². The summed E-state index contributed by atoms with van der Waals surface area (Å²) in [5.41, 5.74) is 11.8. The van der Waals surface area contributed by atoms with Gasteiger partial charge in [-0.3, -0.25) is 4.79 Å². The van der Waals surface area contributed by atoms with Crippen LogP contribution in [0.1, 0.15) is 42.1 Å². The number of ketones is 1. The maximum atomic E-state index is 12.5. The summed E-state index contributed by atoms with van der Waals surface area (Å²) in [6.07, 6.45) is 9.60. The highest BCUT2D eigenvalue weighted by Gasteiger charge is 2.27. The third-order valence-corrected chi connectivity index (χ3v) is 8.82. The second kappa shape index (κ2) is 10.8. The SMILES string of the molecule is CS(=O)(=O)N1CCC(n2cc(-c3cccc(C(N)=S)c3)c3ccc(CCC(=O)Cc4cnc[nH]4)cc32)CC1. The van der Waals surface area contributed by atoms with Crippen LogP contribution in [-0.2, 0) is 27.7 Å². The average Bonchev–Trinajstić information content (AvgIpc) is 3.55. The molecule has 10 heteroatoms. The number of carbonyl (C=O) groups excluding carboxylic acids is 1. The highest BCUT2D eigenvalue weighted by molar-refractivity contribution is 7.88. The summed E-state index contributed by atoms with van der Waals surface area (Å²) in [5, 5.41) is 1.10. The number of carbonyl (C=O) groups is 1. The van der Waals surface area contributed by atoms with Crippen molar-refractivity contribution in [3.63, 3.8) is 0 Å². The van der Waals surface area contributed by atoms with Crippen LogP contribution in [0.5, 0.6) is 0 Å². The number of H-pyrrole nitrogens is 1. The lowest BCUT2D eigenvalue weighted by Gasteiger charge is -2.31. The first kappa shape index (κ1) is 26.3. The number of nitrogens with zero attached hydrogens (tertiary/aromatic N) is 3. The van der Waals surface area contributed by atoms with Crippen molar-refractivity contribution in [3.05, 3.63) is 78.0 Å². The fraction of sp³-hybridized carbons (Fsp3) is 0.321. The van der Waals surface area contributed by atoms with E-state index in [1.54, 1.807) is 16.8 Å². The zero-order chi connectivity index (χ0) is 26.9. The molecule has 0 radical (unpaired) electrons. The van der Waals surface area contributed by atoms with E-state index < -0.39 is 10.0 Å². The quantitative estimate of drug-likeness (QED) is 0.305. The molecular formula is C28H31N5O3S2. The molecular weight excluding hydrogens is 518 g/mol. The minimum atomic E-state index is -3.20. The van der Waals surface area contributed by atoms with Crippen molar-refractivity contribution in [1.82, 2.24) is 18.8 Å². The predicted molar refractivity (Wildman–Crippen MR) is 154 cm³/mol. The third-order valence-electron chi connectivity index (χ3n) is 7.28. The Hall–Kier alpha value is -3.34. The highest BCUT2D eigenvalue weighted by Crippen LogP contribution is 2.36. The molecule has 3 heterocycles. The monoisotopic (exact) mass is 549 g/mol. The van der Waals surface area contributed by atoms with Gasteiger partial charge in [-0.15, -0.1) is 0 Å². The van der Waals surface area contributed by atoms with E-state index in [1.807, 2.05) is 18.2 Å². The van der Waals surface area contributed by atoms with Crippen LogP contribution in [0.3, 0.4) is 0 Å². The molecule has 1 aliphatic heterocycles. The van der Waals surface area contributed by atoms with Crippen LogP contribution in [0.15, 0.2) is 61.2 Å². The normalized spacial score (nSPS) is 15.2. The number of aromatic nitrogens is 3. The number of thiocarbonyl (C=S) groups is 1. The molecule has 5 rings (SSSR count). The number of imidazole rings is 1. The first-order valence-electron chi connectivity index (χ1n) is 12.7. The summed E-state index contributed by atoms with van der Waals surface area (Å²) in [7, 11) is -3.20. The number of fused-ring (bicyclic) bond motifs is 1. The Balaban J connectivity index is 1.47. The lowest BCUT2D eigenvalue weighted by Crippen LogP contribution is -2.38. The predicted octanol–water partition coefficient (Wildman–Crippen LogP) is 4.01. The van der Waals surface area contributed by atoms with Crippen LogP contribution < -0.4 is 5.73 Å². The Labute approximate surface area is 227 Å². The summed E-state index contributed by atoms with van der Waals surface area (Å²) in [6, 6.07) is 14.5. The Morgan fingerprint density at radius 1 is 1.18 bits per heavy atom. The lowest BCUT2D eigenvalue weighted by molar-refractivity contribution is -0.118. The van der Waals surface area contributed by atoms with Gasteiger partial charge in [0.25, 0.3) is 0 Å². The number of hydrogen-bond donors (Lipinski definition) is 2. The van der Waals surface area contributed by atoms with Gasteiger partial charge in [0, 0.05) is 72.1 Å². The van der Waals surface area contributed by atoms with Gasteiger partial charge in [0.05, 0.1) is 12.6 Å². The first-order valence-corrected chi connectivity index (χ1v) is 14.9. The Morgan fingerprint density at radius 2 is 1.97 bits per heavy atom. The highest BCUT2D eigenvalue weighted by atomic mass is 32.2. The smallest absolute Gasteiger partial charge is 0.211 e. The minimum Gasteiger partial charge on any atom is -0.389 e. The topological polar surface area (TPSA) is 114 Å². The van der Waals surface area contributed by atoms with E-state index in [1.165, 1.54) is 6.26 Å². The van der Waals surface area contributed by atoms with Crippen molar-refractivity contribution in [1.29, 1.82) is 0 Å². The van der Waals surface area contributed by atoms with Gasteiger partial charge >= 0.3 is 0 Å². The Kier molecular flexibility index (Phi) is 7.47. The molecule has 2 aromatic carbocycles. The van der Waals surface area contributed by atoms with Crippen molar-refractivity contribution in [2.45, 2.75) is 38.1 Å². The largest absolute Gasteiger partial charge is 0.389 e. The number of nitrogens with two attached hydrogens (primary N) is 1. The summed E-state index contributed by atoms with van der Waals surface area (Å²) in [4.78, 5) is 19.8. The van der Waals surface area contributed by atoms with E-state index in [-0.39, 0.29) is 11.8 Å². The molecule has 0 spiro atoms. The zero-order valence-electron chi connectivity index (χ0n) is 21.3. The van der Waals surface area contributed by atoms with Crippen molar-refractivity contribution in [2.24, 2.45) is 5.73 Å². The van der Waals surface area contributed by atoms with Crippen LogP contribution in [0.25, 0.3) is 22.0 Å². The fourth-order valence-corrected chi connectivity index (χ4v) is 6.24. The van der Waals surface area contributed by atoms with Gasteiger partial charge in [0.15, 0.2) is 0 Å². The van der Waals surface area contributed by atoms with Crippen molar-refractivity contribution >= 4 is 43.9 Å². The number of rotatable bonds is 9. The Bertz CT molecular complexity index is 1580.